The van der Waals surface area contributed by atoms with Gasteiger partial charge in [0.15, 0.2) is 0 Å². The van der Waals surface area contributed by atoms with Gasteiger partial charge in [-0.25, -0.2) is 0 Å². The standard InChI is InChI=1S/C13H13ClN2O/c1-3-8(2)16-11(7-15)9-5-4-6-10(14)12(9)13(16)17/h4-6,8,11H,3H2,1-2H3. The summed E-state index contributed by atoms with van der Waals surface area (Å²) in [5.41, 5.74) is 1.21. The Balaban J connectivity index is 2.56. The van der Waals surface area contributed by atoms with E-state index < -0.39 is 6.04 Å². The number of benzene rings is 1. The second kappa shape index (κ2) is 4.38. The van der Waals surface area contributed by atoms with Crippen LogP contribution in [0.15, 0.2) is 18.2 Å². The van der Waals surface area contributed by atoms with E-state index in [1.165, 1.54) is 0 Å². The first kappa shape index (κ1) is 11.9. The van der Waals surface area contributed by atoms with Crippen LogP contribution in [-0.2, 0) is 0 Å². The largest absolute Gasteiger partial charge is 0.316 e. The number of carbonyl (C=O) groups excluding carboxylic acids is 1. The number of hydrogen-bond acceptors (Lipinski definition) is 2. The number of amides is 1. The van der Waals surface area contributed by atoms with Crippen molar-refractivity contribution >= 4 is 17.5 Å². The van der Waals surface area contributed by atoms with E-state index >= 15 is 0 Å². The first-order valence-electron chi connectivity index (χ1n) is 5.62. The van der Waals surface area contributed by atoms with Gasteiger partial charge in [0, 0.05) is 11.6 Å². The molecule has 0 aliphatic carbocycles. The molecule has 0 saturated carbocycles. The van der Waals surface area contributed by atoms with Crippen molar-refractivity contribution in [3.63, 3.8) is 0 Å². The molecule has 4 heteroatoms. The van der Waals surface area contributed by atoms with Gasteiger partial charge in [-0.3, -0.25) is 4.79 Å². The fraction of sp³-hybridized carbons (Fsp3) is 0.385. The number of nitriles is 1. The molecule has 1 aromatic rings. The van der Waals surface area contributed by atoms with Crippen molar-refractivity contribution in [2.75, 3.05) is 0 Å². The van der Waals surface area contributed by atoms with E-state index in [0.29, 0.717) is 10.6 Å². The van der Waals surface area contributed by atoms with Crippen LogP contribution in [0.2, 0.25) is 5.02 Å². The van der Waals surface area contributed by atoms with Crippen LogP contribution in [0, 0.1) is 11.3 Å². The third-order valence-corrected chi connectivity index (χ3v) is 3.57. The predicted molar refractivity (Wildman–Crippen MR) is 65.7 cm³/mol. The lowest BCUT2D eigenvalue weighted by Crippen LogP contribution is -2.35. The fourth-order valence-corrected chi connectivity index (χ4v) is 2.44. The number of rotatable bonds is 2. The van der Waals surface area contributed by atoms with Crippen LogP contribution in [0.3, 0.4) is 0 Å². The molecule has 0 bridgehead atoms. The summed E-state index contributed by atoms with van der Waals surface area (Å²) >= 11 is 6.04. The van der Waals surface area contributed by atoms with Crippen LogP contribution in [-0.4, -0.2) is 16.8 Å². The van der Waals surface area contributed by atoms with Crippen LogP contribution in [0.25, 0.3) is 0 Å². The topological polar surface area (TPSA) is 44.1 Å². The van der Waals surface area contributed by atoms with Crippen LogP contribution in [0.1, 0.15) is 42.2 Å². The molecule has 2 atom stereocenters. The highest BCUT2D eigenvalue weighted by molar-refractivity contribution is 6.34. The molecule has 1 aliphatic rings. The summed E-state index contributed by atoms with van der Waals surface area (Å²) in [6.45, 7) is 3.94. The lowest BCUT2D eigenvalue weighted by atomic mass is 10.1. The lowest BCUT2D eigenvalue weighted by molar-refractivity contribution is 0.0685. The molecule has 0 radical (unpaired) electrons. The van der Waals surface area contributed by atoms with Crippen molar-refractivity contribution in [2.24, 2.45) is 0 Å². The van der Waals surface area contributed by atoms with E-state index in [1.807, 2.05) is 13.8 Å². The van der Waals surface area contributed by atoms with Crippen LogP contribution in [0.4, 0.5) is 0 Å². The van der Waals surface area contributed by atoms with Gasteiger partial charge in [0.1, 0.15) is 6.04 Å². The molecule has 0 aromatic heterocycles. The predicted octanol–water partition coefficient (Wildman–Crippen LogP) is 3.16. The van der Waals surface area contributed by atoms with E-state index in [0.717, 1.165) is 12.0 Å². The van der Waals surface area contributed by atoms with E-state index in [-0.39, 0.29) is 11.9 Å². The molecule has 0 saturated heterocycles. The van der Waals surface area contributed by atoms with Crippen molar-refractivity contribution in [2.45, 2.75) is 32.4 Å². The van der Waals surface area contributed by atoms with Gasteiger partial charge in [-0.15, -0.1) is 0 Å². The highest BCUT2D eigenvalue weighted by Gasteiger charge is 2.40. The first-order valence-corrected chi connectivity index (χ1v) is 6.00. The van der Waals surface area contributed by atoms with Gasteiger partial charge in [-0.1, -0.05) is 30.7 Å². The Morgan fingerprint density at radius 3 is 2.88 bits per heavy atom. The summed E-state index contributed by atoms with van der Waals surface area (Å²) in [6.07, 6.45) is 0.815. The Kier molecular flexibility index (Phi) is 3.08. The Morgan fingerprint density at radius 1 is 1.59 bits per heavy atom. The maximum atomic E-state index is 12.3. The molecular formula is C13H13ClN2O. The summed E-state index contributed by atoms with van der Waals surface area (Å²) in [7, 11) is 0. The van der Waals surface area contributed by atoms with Crippen molar-refractivity contribution in [1.82, 2.24) is 4.90 Å². The minimum absolute atomic E-state index is 0.0376. The number of fused-ring (bicyclic) bond motifs is 1. The van der Waals surface area contributed by atoms with E-state index in [1.54, 1.807) is 23.1 Å². The molecule has 17 heavy (non-hydrogen) atoms. The molecular weight excluding hydrogens is 236 g/mol. The van der Waals surface area contributed by atoms with Gasteiger partial charge < -0.3 is 4.90 Å². The Hall–Kier alpha value is -1.53. The first-order chi connectivity index (χ1) is 8.11. The van der Waals surface area contributed by atoms with Crippen molar-refractivity contribution in [1.29, 1.82) is 5.26 Å². The zero-order valence-corrected chi connectivity index (χ0v) is 10.5. The third-order valence-electron chi connectivity index (χ3n) is 3.25. The van der Waals surface area contributed by atoms with Crippen molar-refractivity contribution in [3.05, 3.63) is 34.3 Å². The molecule has 1 aliphatic heterocycles. The Morgan fingerprint density at radius 2 is 2.29 bits per heavy atom. The molecule has 2 unspecified atom stereocenters. The van der Waals surface area contributed by atoms with E-state index in [9.17, 15) is 10.1 Å². The minimum Gasteiger partial charge on any atom is -0.316 e. The number of halogens is 1. The molecule has 1 aromatic carbocycles. The van der Waals surface area contributed by atoms with Gasteiger partial charge in [0.2, 0.25) is 0 Å². The third kappa shape index (κ3) is 1.69. The SMILES string of the molecule is CCC(C)N1C(=O)c2c(Cl)cccc2C1C#N. The van der Waals surface area contributed by atoms with Crippen molar-refractivity contribution < 1.29 is 4.79 Å². The molecule has 3 nitrogen and oxygen atoms in total. The van der Waals surface area contributed by atoms with Crippen LogP contribution in [0.5, 0.6) is 0 Å². The maximum absolute atomic E-state index is 12.3. The highest BCUT2D eigenvalue weighted by atomic mass is 35.5. The summed E-state index contributed by atoms with van der Waals surface area (Å²) in [5, 5.41) is 9.68. The van der Waals surface area contributed by atoms with Gasteiger partial charge in [-0.05, 0) is 19.4 Å². The van der Waals surface area contributed by atoms with E-state index in [2.05, 4.69) is 6.07 Å². The van der Waals surface area contributed by atoms with Crippen LogP contribution >= 0.6 is 11.6 Å². The van der Waals surface area contributed by atoms with Gasteiger partial charge in [-0.2, -0.15) is 5.26 Å². The van der Waals surface area contributed by atoms with Crippen molar-refractivity contribution in [3.8, 4) is 6.07 Å². The molecule has 1 amide bonds. The monoisotopic (exact) mass is 248 g/mol. The summed E-state index contributed by atoms with van der Waals surface area (Å²) in [6, 6.07) is 6.98. The van der Waals surface area contributed by atoms with Gasteiger partial charge >= 0.3 is 0 Å². The molecule has 2 rings (SSSR count). The maximum Gasteiger partial charge on any atom is 0.257 e. The smallest absolute Gasteiger partial charge is 0.257 e. The summed E-state index contributed by atoms with van der Waals surface area (Å²) < 4.78 is 0. The van der Waals surface area contributed by atoms with E-state index in [4.69, 9.17) is 11.6 Å². The number of nitrogens with zero attached hydrogens (tertiary/aromatic N) is 2. The molecule has 1 heterocycles. The van der Waals surface area contributed by atoms with Gasteiger partial charge in [0.05, 0.1) is 16.7 Å². The molecule has 0 N–H and O–H groups in total. The zero-order chi connectivity index (χ0) is 12.6. The number of carbonyl (C=O) groups is 1. The quantitative estimate of drug-likeness (QED) is 0.807. The van der Waals surface area contributed by atoms with Gasteiger partial charge in [0.25, 0.3) is 5.91 Å². The van der Waals surface area contributed by atoms with Crippen LogP contribution < -0.4 is 0 Å². The minimum atomic E-state index is -0.508. The molecule has 88 valence electrons. The molecule has 0 fully saturated rings. The average molecular weight is 249 g/mol. The summed E-state index contributed by atoms with van der Waals surface area (Å²) in [4.78, 5) is 13.9. The Bertz CT molecular complexity index is 507. The molecule has 0 spiro atoms. The highest BCUT2D eigenvalue weighted by Crippen LogP contribution is 2.38. The second-order valence-electron chi connectivity index (χ2n) is 4.21. The summed E-state index contributed by atoms with van der Waals surface area (Å²) in [5.74, 6) is -0.133. The average Bonchev–Trinajstić information content (AvgIpc) is 2.62. The normalized spacial score (nSPS) is 20.0. The number of hydrogen-bond donors (Lipinski definition) is 0. The second-order valence-corrected chi connectivity index (χ2v) is 4.61. The lowest BCUT2D eigenvalue weighted by Gasteiger charge is -2.26. The fourth-order valence-electron chi connectivity index (χ4n) is 2.17. The zero-order valence-electron chi connectivity index (χ0n) is 9.77. The Labute approximate surface area is 106 Å².